The number of amides is 1. The van der Waals surface area contributed by atoms with Crippen molar-refractivity contribution in [1.82, 2.24) is 10.2 Å². The number of anilines is 2. The molecule has 1 aromatic carbocycles. The standard InChI is InChI=1S/C15H18N4O4S2/c1-9(24-15-19-18-14(25-15)16-5-6-21-2)13(20)17-10-3-4-11-12(7-10)23-8-22-11/h3-4,7,9H,5-6,8H2,1-2H3,(H,16,18)(H,17,20). The van der Waals surface area contributed by atoms with Crippen LogP contribution in [0.5, 0.6) is 11.5 Å². The number of thioether (sulfide) groups is 1. The summed E-state index contributed by atoms with van der Waals surface area (Å²) < 4.78 is 16.3. The van der Waals surface area contributed by atoms with Crippen molar-refractivity contribution in [2.24, 2.45) is 0 Å². The van der Waals surface area contributed by atoms with E-state index >= 15 is 0 Å². The van der Waals surface area contributed by atoms with Crippen LogP contribution in [0.4, 0.5) is 10.8 Å². The highest BCUT2D eigenvalue weighted by Crippen LogP contribution is 2.35. The van der Waals surface area contributed by atoms with Crippen molar-refractivity contribution in [2.75, 3.05) is 37.7 Å². The summed E-state index contributed by atoms with van der Waals surface area (Å²) in [4.78, 5) is 12.4. The summed E-state index contributed by atoms with van der Waals surface area (Å²) >= 11 is 2.77. The van der Waals surface area contributed by atoms with E-state index in [1.807, 2.05) is 6.92 Å². The first-order valence-corrected chi connectivity index (χ1v) is 9.29. The van der Waals surface area contributed by atoms with Gasteiger partial charge >= 0.3 is 0 Å². The lowest BCUT2D eigenvalue weighted by Gasteiger charge is -2.10. The van der Waals surface area contributed by atoms with Gasteiger partial charge in [0.05, 0.1) is 11.9 Å². The summed E-state index contributed by atoms with van der Waals surface area (Å²) in [6.07, 6.45) is 0. The number of fused-ring (bicyclic) bond motifs is 1. The number of benzene rings is 1. The first-order valence-electron chi connectivity index (χ1n) is 7.59. The van der Waals surface area contributed by atoms with Crippen LogP contribution in [0.3, 0.4) is 0 Å². The third-order valence-corrected chi connectivity index (χ3v) is 5.34. The Labute approximate surface area is 153 Å². The van der Waals surface area contributed by atoms with Gasteiger partial charge in [0, 0.05) is 25.4 Å². The van der Waals surface area contributed by atoms with Crippen LogP contribution in [0.15, 0.2) is 22.5 Å². The van der Waals surface area contributed by atoms with Gasteiger partial charge in [0.15, 0.2) is 15.8 Å². The van der Waals surface area contributed by atoms with Crippen molar-refractivity contribution in [3.63, 3.8) is 0 Å². The molecular weight excluding hydrogens is 364 g/mol. The van der Waals surface area contributed by atoms with Gasteiger partial charge in [-0.05, 0) is 19.1 Å². The summed E-state index contributed by atoms with van der Waals surface area (Å²) in [5.41, 5.74) is 0.667. The van der Waals surface area contributed by atoms with E-state index in [1.165, 1.54) is 23.1 Å². The summed E-state index contributed by atoms with van der Waals surface area (Å²) in [5, 5.41) is 14.5. The second-order valence-electron chi connectivity index (χ2n) is 5.11. The Morgan fingerprint density at radius 1 is 1.40 bits per heavy atom. The van der Waals surface area contributed by atoms with E-state index in [0.29, 0.717) is 35.5 Å². The van der Waals surface area contributed by atoms with Gasteiger partial charge in [0.2, 0.25) is 17.8 Å². The molecule has 2 aromatic rings. The Bertz CT molecular complexity index is 740. The Morgan fingerprint density at radius 2 is 2.24 bits per heavy atom. The van der Waals surface area contributed by atoms with Crippen molar-refractivity contribution in [1.29, 1.82) is 0 Å². The fourth-order valence-electron chi connectivity index (χ4n) is 2.01. The van der Waals surface area contributed by atoms with E-state index in [1.54, 1.807) is 25.3 Å². The first kappa shape index (κ1) is 17.8. The maximum atomic E-state index is 12.4. The van der Waals surface area contributed by atoms with Crippen LogP contribution >= 0.6 is 23.1 Å². The number of rotatable bonds is 8. The molecule has 25 heavy (non-hydrogen) atoms. The molecule has 1 aliphatic heterocycles. The van der Waals surface area contributed by atoms with Gasteiger partial charge in [-0.1, -0.05) is 23.1 Å². The van der Waals surface area contributed by atoms with Gasteiger partial charge in [0.1, 0.15) is 0 Å². The lowest BCUT2D eigenvalue weighted by molar-refractivity contribution is -0.115. The Hall–Kier alpha value is -2.04. The van der Waals surface area contributed by atoms with Gasteiger partial charge in [-0.25, -0.2) is 0 Å². The third-order valence-electron chi connectivity index (χ3n) is 3.28. The van der Waals surface area contributed by atoms with Crippen LogP contribution in [-0.2, 0) is 9.53 Å². The minimum atomic E-state index is -0.315. The molecule has 1 aliphatic rings. The number of nitrogens with one attached hydrogen (secondary N) is 2. The molecule has 2 heterocycles. The molecule has 2 N–H and O–H groups in total. The van der Waals surface area contributed by atoms with E-state index in [-0.39, 0.29) is 18.0 Å². The molecule has 0 radical (unpaired) electrons. The zero-order chi connectivity index (χ0) is 17.6. The predicted octanol–water partition coefficient (Wildman–Crippen LogP) is 2.44. The molecular formula is C15H18N4O4S2. The van der Waals surface area contributed by atoms with E-state index in [9.17, 15) is 4.79 Å². The molecule has 0 saturated heterocycles. The summed E-state index contributed by atoms with van der Waals surface area (Å²) in [6.45, 7) is 3.29. The summed E-state index contributed by atoms with van der Waals surface area (Å²) in [5.74, 6) is 1.20. The molecule has 0 spiro atoms. The highest BCUT2D eigenvalue weighted by atomic mass is 32.2. The zero-order valence-corrected chi connectivity index (χ0v) is 15.4. The van der Waals surface area contributed by atoms with E-state index in [4.69, 9.17) is 14.2 Å². The number of carbonyl (C=O) groups excluding carboxylic acids is 1. The quantitative estimate of drug-likeness (QED) is 0.531. The molecule has 1 unspecified atom stereocenters. The first-order chi connectivity index (χ1) is 12.2. The maximum Gasteiger partial charge on any atom is 0.237 e. The van der Waals surface area contributed by atoms with Gasteiger partial charge in [0.25, 0.3) is 0 Å². The van der Waals surface area contributed by atoms with Crippen molar-refractivity contribution >= 4 is 39.8 Å². The van der Waals surface area contributed by atoms with Crippen molar-refractivity contribution in [2.45, 2.75) is 16.5 Å². The second-order valence-corrected chi connectivity index (χ2v) is 7.68. The van der Waals surface area contributed by atoms with Gasteiger partial charge in [-0.3, -0.25) is 4.79 Å². The molecule has 1 atom stereocenters. The average molecular weight is 382 g/mol. The molecule has 0 bridgehead atoms. The fraction of sp³-hybridized carbons (Fsp3) is 0.400. The Morgan fingerprint density at radius 3 is 3.08 bits per heavy atom. The largest absolute Gasteiger partial charge is 0.454 e. The van der Waals surface area contributed by atoms with E-state index in [2.05, 4.69) is 20.8 Å². The van der Waals surface area contributed by atoms with E-state index in [0.717, 1.165) is 4.34 Å². The molecule has 3 rings (SSSR count). The Kier molecular flexibility index (Phi) is 5.95. The zero-order valence-electron chi connectivity index (χ0n) is 13.8. The minimum Gasteiger partial charge on any atom is -0.454 e. The number of nitrogens with zero attached hydrogens (tertiary/aromatic N) is 2. The number of aromatic nitrogens is 2. The second kappa shape index (κ2) is 8.37. The van der Waals surface area contributed by atoms with E-state index < -0.39 is 0 Å². The number of methoxy groups -OCH3 is 1. The molecule has 134 valence electrons. The Balaban J connectivity index is 1.52. The molecule has 8 nitrogen and oxygen atoms in total. The maximum absolute atomic E-state index is 12.4. The average Bonchev–Trinajstić information content (AvgIpc) is 3.24. The van der Waals surface area contributed by atoms with Crippen LogP contribution in [0.2, 0.25) is 0 Å². The predicted molar refractivity (Wildman–Crippen MR) is 96.8 cm³/mol. The van der Waals surface area contributed by atoms with Crippen LogP contribution in [0.1, 0.15) is 6.92 Å². The topological polar surface area (TPSA) is 94.6 Å². The SMILES string of the molecule is COCCNc1nnc(SC(C)C(=O)Nc2ccc3c(c2)OCO3)s1. The molecule has 0 aliphatic carbocycles. The summed E-state index contributed by atoms with van der Waals surface area (Å²) in [6, 6.07) is 5.31. The normalized spacial score (nSPS) is 13.5. The molecule has 0 fully saturated rings. The van der Waals surface area contributed by atoms with Crippen LogP contribution < -0.4 is 20.1 Å². The van der Waals surface area contributed by atoms with Crippen LogP contribution in [0.25, 0.3) is 0 Å². The lowest BCUT2D eigenvalue weighted by Crippen LogP contribution is -2.22. The fourth-order valence-corrected chi connectivity index (χ4v) is 3.93. The molecule has 0 saturated carbocycles. The van der Waals surface area contributed by atoms with Gasteiger partial charge < -0.3 is 24.8 Å². The molecule has 1 aromatic heterocycles. The van der Waals surface area contributed by atoms with Crippen molar-refractivity contribution in [3.05, 3.63) is 18.2 Å². The smallest absolute Gasteiger partial charge is 0.237 e. The van der Waals surface area contributed by atoms with Crippen molar-refractivity contribution < 1.29 is 19.0 Å². The molecule has 10 heteroatoms. The number of hydrogen-bond donors (Lipinski definition) is 2. The highest BCUT2D eigenvalue weighted by Gasteiger charge is 2.19. The van der Waals surface area contributed by atoms with Gasteiger partial charge in [-0.15, -0.1) is 10.2 Å². The monoisotopic (exact) mass is 382 g/mol. The summed E-state index contributed by atoms with van der Waals surface area (Å²) in [7, 11) is 1.64. The number of carbonyl (C=O) groups is 1. The lowest BCUT2D eigenvalue weighted by atomic mass is 10.2. The highest BCUT2D eigenvalue weighted by molar-refractivity contribution is 8.02. The molecule has 1 amide bonds. The number of hydrogen-bond acceptors (Lipinski definition) is 9. The van der Waals surface area contributed by atoms with Crippen LogP contribution in [0, 0.1) is 0 Å². The van der Waals surface area contributed by atoms with Crippen LogP contribution in [-0.4, -0.2) is 48.4 Å². The number of ether oxygens (including phenoxy) is 3. The van der Waals surface area contributed by atoms with Crippen molar-refractivity contribution in [3.8, 4) is 11.5 Å². The van der Waals surface area contributed by atoms with Gasteiger partial charge in [-0.2, -0.15) is 0 Å². The third kappa shape index (κ3) is 4.74. The minimum absolute atomic E-state index is 0.118.